The third kappa shape index (κ3) is 26.0. The van der Waals surface area contributed by atoms with Gasteiger partial charge in [-0.25, -0.2) is 0 Å². The van der Waals surface area contributed by atoms with Crippen LogP contribution in [0.5, 0.6) is 0 Å². The Morgan fingerprint density at radius 2 is 0.420 bits per heavy atom. The van der Waals surface area contributed by atoms with Crippen LogP contribution >= 0.6 is 247 Å². The molecule has 614 valence electrons. The highest BCUT2D eigenvalue weighted by Gasteiger charge is 2.88. The van der Waals surface area contributed by atoms with Gasteiger partial charge in [0, 0.05) is 119 Å². The van der Waals surface area contributed by atoms with Crippen LogP contribution in [0.3, 0.4) is 0 Å². The minimum atomic E-state index is -4.20. The van der Waals surface area contributed by atoms with Crippen molar-refractivity contribution in [2.45, 2.75) is 177 Å². The van der Waals surface area contributed by atoms with Crippen LogP contribution in [0.2, 0.25) is 0 Å². The molecule has 0 heterocycles. The second-order valence-electron chi connectivity index (χ2n) is 21.4. The maximum atomic E-state index is 7.28. The molecule has 0 radical (unpaired) electrons. The molecular weight excluding hydrogens is 1850 g/mol. The Morgan fingerprint density at radius 1 is 0.270 bits per heavy atom. The summed E-state index contributed by atoms with van der Waals surface area (Å²) in [6, 6.07) is 0. The van der Waals surface area contributed by atoms with E-state index in [1.54, 1.807) is 0 Å². The monoisotopic (exact) mass is 1980 g/mol. The third-order valence-corrected chi connectivity index (χ3v) is 122. The van der Waals surface area contributed by atoms with Gasteiger partial charge in [-0.05, 0) is 209 Å². The predicted molar refractivity (Wildman–Crippen MR) is 514 cm³/mol. The molecule has 0 saturated carbocycles. The number of hydrogen-bond donors (Lipinski definition) is 12. The van der Waals surface area contributed by atoms with Crippen LogP contribution < -0.4 is 0 Å². The van der Waals surface area contributed by atoms with Crippen LogP contribution in [0.1, 0.15) is 165 Å². The van der Waals surface area contributed by atoms with E-state index in [0.717, 1.165) is 6.42 Å². The molecule has 0 aliphatic rings. The smallest absolute Gasteiger partial charge is 0.373 e. The fourth-order valence-corrected chi connectivity index (χ4v) is 146. The topological polar surface area (TPSA) is 166 Å². The van der Waals surface area contributed by atoms with Crippen molar-refractivity contribution in [2.24, 2.45) is 5.92 Å². The first-order chi connectivity index (χ1) is 47.2. The molecular formula is C52H130O18S24Si6. The Bertz CT molecular complexity index is 1970. The summed E-state index contributed by atoms with van der Waals surface area (Å²) in [6.07, 6.45) is 1.55. The van der Waals surface area contributed by atoms with Gasteiger partial charge in [0.05, 0.1) is 41.1 Å². The summed E-state index contributed by atoms with van der Waals surface area (Å²) >= 11 is 75.7. The highest BCUT2D eigenvalue weighted by molar-refractivity contribution is 9.49. The molecule has 0 aliphatic carbocycles. The zero-order valence-electron chi connectivity index (χ0n) is 62.8. The summed E-state index contributed by atoms with van der Waals surface area (Å²) in [5, 5.41) is 0.0106. The molecule has 8 unspecified atom stereocenters. The van der Waals surface area contributed by atoms with E-state index < -0.39 is 114 Å². The van der Waals surface area contributed by atoms with E-state index in [1.807, 2.05) is 125 Å². The van der Waals surface area contributed by atoms with E-state index in [2.05, 4.69) is 20.8 Å². The summed E-state index contributed by atoms with van der Waals surface area (Å²) in [4.78, 5) is 0. The van der Waals surface area contributed by atoms with Crippen molar-refractivity contribution >= 4 is 300 Å². The van der Waals surface area contributed by atoms with E-state index in [0.29, 0.717) is 6.42 Å². The molecule has 0 aromatic rings. The van der Waals surface area contributed by atoms with Crippen molar-refractivity contribution in [3.63, 3.8) is 0 Å². The lowest BCUT2D eigenvalue weighted by molar-refractivity contribution is 0.0760. The van der Waals surface area contributed by atoms with Gasteiger partial charge in [0.25, 0.3) is 0 Å². The summed E-state index contributed by atoms with van der Waals surface area (Å²) in [7, 11) is -37.9. The second kappa shape index (κ2) is 52.8. The first-order valence-corrected chi connectivity index (χ1v) is 76.9. The standard InChI is InChI=1S/C52H130O18S24Si6/c1-22-49(20)41-42-51(90(78,84-72)44-96(56-26-5,57-27-6)58-28-7,91(79,85-73)45-97(59-29-8,60-30-9)61-31-10)50(21,89(77,83-71)43-95(53-23-2,54-24-3)55-25-4)52(92(80,86-74)46-98(62-32-11,63-33-12)64-34-13,93(81,87-75)47-99(65-35-14,66-36-15)67-37-16)94(82,88-76)48-100(68-38-17,69-39-18)70-40-19/h49,71-82H,22-48H2,1-21H3. The maximum absolute atomic E-state index is 7.28. The third-order valence-electron chi connectivity index (χ3n) is 15.4. The largest absolute Gasteiger partial charge is 0.511 e. The SMILES string of the molecule is CCO[Si](CS(S)(SS)C(C)(C(CCC(C)CC)(S(S)(C[Si](OCC)(OCC)OCC)SS)S(S)(C[Si](OCC)(OCC)OCC)SS)C(S(S)(C[Si](OCC)(OCC)OCC)SS)(S(S)(C[Si](OCC)(OCC)OCC)SS)S(S)(C[Si](OCC)(OCC)OCC)SS)(OCC)OCC. The van der Waals surface area contributed by atoms with Gasteiger partial charge in [-0.2, -0.15) is 0 Å². The summed E-state index contributed by atoms with van der Waals surface area (Å²) in [6.45, 7) is 45.5. The van der Waals surface area contributed by atoms with Gasteiger partial charge in [0.2, 0.25) is 0 Å². The molecule has 0 rings (SSSR count). The lowest BCUT2D eigenvalue weighted by atomic mass is 9.96. The molecule has 100 heavy (non-hydrogen) atoms. The molecule has 0 aromatic carbocycles. The van der Waals surface area contributed by atoms with Crippen LogP contribution in [0.25, 0.3) is 0 Å². The highest BCUT2D eigenvalue weighted by Crippen LogP contribution is 3.12. The van der Waals surface area contributed by atoms with Gasteiger partial charge in [-0.15, -0.1) is 188 Å². The van der Waals surface area contributed by atoms with Crippen molar-refractivity contribution in [3.8, 4) is 0 Å². The molecule has 0 amide bonds. The zero-order valence-corrected chi connectivity index (χ0v) is 89.3. The molecule has 48 heteroatoms. The number of thiol groups is 12. The number of hydrogen-bond acceptors (Lipinski definition) is 36. The predicted octanol–water partition coefficient (Wildman–Crippen LogP) is 21.3. The van der Waals surface area contributed by atoms with Crippen LogP contribution in [0.15, 0.2) is 0 Å². The molecule has 0 aromatic heterocycles. The summed E-state index contributed by atoms with van der Waals surface area (Å²) in [5.74, 6) is 0.0164. The van der Waals surface area contributed by atoms with E-state index in [1.165, 1.54) is 59.0 Å². The van der Waals surface area contributed by atoms with E-state index >= 15 is 0 Å². The van der Waals surface area contributed by atoms with Crippen molar-refractivity contribution in [1.82, 2.24) is 0 Å². The van der Waals surface area contributed by atoms with Gasteiger partial charge in [-0.3, -0.25) is 0 Å². The molecule has 0 spiro atoms. The van der Waals surface area contributed by atoms with Gasteiger partial charge in [-0.1, -0.05) is 20.3 Å². The van der Waals surface area contributed by atoms with Gasteiger partial charge in [0.15, 0.2) is 0 Å². The molecule has 0 aliphatic heterocycles. The molecule has 0 saturated heterocycles. The molecule has 0 bridgehead atoms. The fraction of sp³-hybridized carbons (Fsp3) is 1.00. The average molecular weight is 1980 g/mol. The van der Waals surface area contributed by atoms with Gasteiger partial charge < -0.3 is 79.7 Å². The van der Waals surface area contributed by atoms with Crippen molar-refractivity contribution in [1.29, 1.82) is 0 Å². The van der Waals surface area contributed by atoms with Crippen LogP contribution in [-0.2, 0) is 79.7 Å². The summed E-state index contributed by atoms with van der Waals surface area (Å²) in [5.41, 5.74) is 0. The maximum Gasteiger partial charge on any atom is 0.511 e. The Labute approximate surface area is 704 Å². The molecule has 0 fully saturated rings. The van der Waals surface area contributed by atoms with Crippen molar-refractivity contribution in [3.05, 3.63) is 0 Å². The highest BCUT2D eigenvalue weighted by atomic mass is 33.8. The lowest BCUT2D eigenvalue weighted by Gasteiger charge is -2.83. The number of rotatable bonds is 66. The van der Waals surface area contributed by atoms with E-state index in [-0.39, 0.29) is 164 Å². The van der Waals surface area contributed by atoms with Crippen LogP contribution in [-0.4, -0.2) is 216 Å². The zero-order chi connectivity index (χ0) is 77.1. The lowest BCUT2D eigenvalue weighted by Crippen LogP contribution is -2.74. The van der Waals surface area contributed by atoms with Crippen LogP contribution in [0.4, 0.5) is 0 Å². The molecule has 18 nitrogen and oxygen atoms in total. The van der Waals surface area contributed by atoms with Gasteiger partial charge in [0.1, 0.15) is 3.41 Å². The normalized spacial score (nSPS) is 21.1. The molecule has 0 N–H and O–H groups in total. The first-order valence-electron chi connectivity index (χ1n) is 33.8. The second-order valence-corrected chi connectivity index (χ2v) is 92.1. The first kappa shape index (κ1) is 109. The average Bonchev–Trinajstić information content (AvgIpc) is 0.633. The minimum Gasteiger partial charge on any atom is -0.373 e. The quantitative estimate of drug-likeness (QED) is 0.0158. The van der Waals surface area contributed by atoms with Crippen LogP contribution in [0, 0.1) is 5.92 Å². The van der Waals surface area contributed by atoms with E-state index in [9.17, 15) is 0 Å². The Morgan fingerprint density at radius 3 is 0.560 bits per heavy atom. The Balaban J connectivity index is 14.0. The Hall–Kier alpha value is 8.98. The molecule has 8 atom stereocenters. The van der Waals surface area contributed by atoms with E-state index in [4.69, 9.17) is 220 Å². The fourth-order valence-electron chi connectivity index (χ4n) is 12.3. The van der Waals surface area contributed by atoms with Crippen molar-refractivity contribution in [2.75, 3.05) is 151 Å². The van der Waals surface area contributed by atoms with Gasteiger partial charge >= 0.3 is 52.8 Å². The summed E-state index contributed by atoms with van der Waals surface area (Å²) < 4.78 is 125. The minimum absolute atomic E-state index is 0.00440. The Kier molecular flexibility index (Phi) is 57.5. The van der Waals surface area contributed by atoms with Crippen molar-refractivity contribution < 1.29 is 79.7 Å².